The minimum Gasteiger partial charge on any atom is -0.469 e. The van der Waals surface area contributed by atoms with E-state index in [1.807, 2.05) is 0 Å². The second-order valence-corrected chi connectivity index (χ2v) is 3.26. The Morgan fingerprint density at radius 3 is 2.27 bits per heavy atom. The lowest BCUT2D eigenvalue weighted by atomic mass is 10.1. The van der Waals surface area contributed by atoms with Gasteiger partial charge in [-0.05, 0) is 12.8 Å². The number of ether oxygens (including phenoxy) is 2. The highest BCUT2D eigenvalue weighted by Crippen LogP contribution is 2.07. The summed E-state index contributed by atoms with van der Waals surface area (Å²) in [6.45, 7) is 0. The van der Waals surface area contributed by atoms with Crippen LogP contribution in [-0.2, 0) is 19.1 Å². The first-order valence-corrected chi connectivity index (χ1v) is 4.91. The number of methoxy groups -OCH3 is 2. The summed E-state index contributed by atoms with van der Waals surface area (Å²) in [7, 11) is 2.63. The number of carbonyl (C=O) groups is 2. The van der Waals surface area contributed by atoms with Crippen LogP contribution in [0.1, 0.15) is 32.1 Å². The van der Waals surface area contributed by atoms with Crippen LogP contribution in [0.3, 0.4) is 0 Å². The van der Waals surface area contributed by atoms with Crippen LogP contribution < -0.4 is 0 Å². The van der Waals surface area contributed by atoms with E-state index in [1.54, 1.807) is 0 Å². The lowest BCUT2D eigenvalue weighted by Crippen LogP contribution is -2.14. The first kappa shape index (κ1) is 13.9. The third-order valence-corrected chi connectivity index (χ3v) is 2.03. The van der Waals surface area contributed by atoms with Crippen LogP contribution in [0.4, 0.5) is 0 Å². The normalized spacial score (nSPS) is 11.9. The molecule has 15 heavy (non-hydrogen) atoms. The minimum atomic E-state index is -0.685. The van der Waals surface area contributed by atoms with Crippen molar-refractivity contribution in [1.82, 2.24) is 0 Å². The Balaban J connectivity index is 3.42. The SMILES string of the molecule is COC(=O)CCCCC(O)CC(=O)OC. The van der Waals surface area contributed by atoms with Crippen LogP contribution in [0.15, 0.2) is 0 Å². The molecule has 0 radical (unpaired) electrons. The number of esters is 2. The van der Waals surface area contributed by atoms with Crippen molar-refractivity contribution in [2.75, 3.05) is 14.2 Å². The first-order chi connectivity index (χ1) is 7.10. The third-order valence-electron chi connectivity index (χ3n) is 2.03. The number of aliphatic hydroxyl groups is 1. The topological polar surface area (TPSA) is 72.8 Å². The number of aliphatic hydroxyl groups excluding tert-OH is 1. The Bertz CT molecular complexity index is 202. The van der Waals surface area contributed by atoms with E-state index >= 15 is 0 Å². The van der Waals surface area contributed by atoms with E-state index in [0.29, 0.717) is 25.7 Å². The molecular formula is C10H18O5. The Morgan fingerprint density at radius 1 is 1.13 bits per heavy atom. The van der Waals surface area contributed by atoms with Gasteiger partial charge in [0.1, 0.15) is 0 Å². The molecule has 0 aliphatic rings. The summed E-state index contributed by atoms with van der Waals surface area (Å²) in [6, 6.07) is 0. The molecule has 1 unspecified atom stereocenters. The van der Waals surface area contributed by atoms with Gasteiger partial charge in [-0.1, -0.05) is 6.42 Å². The first-order valence-electron chi connectivity index (χ1n) is 4.91. The van der Waals surface area contributed by atoms with Crippen LogP contribution in [0.5, 0.6) is 0 Å². The van der Waals surface area contributed by atoms with E-state index in [-0.39, 0.29) is 12.4 Å². The monoisotopic (exact) mass is 218 g/mol. The van der Waals surface area contributed by atoms with Gasteiger partial charge in [-0.2, -0.15) is 0 Å². The zero-order valence-electron chi connectivity index (χ0n) is 9.19. The molecule has 0 aliphatic carbocycles. The second-order valence-electron chi connectivity index (χ2n) is 3.26. The highest BCUT2D eigenvalue weighted by atomic mass is 16.5. The number of hydrogen-bond acceptors (Lipinski definition) is 5. The average Bonchev–Trinajstić information content (AvgIpc) is 2.23. The molecule has 0 aliphatic heterocycles. The van der Waals surface area contributed by atoms with Crippen molar-refractivity contribution in [3.05, 3.63) is 0 Å². The predicted molar refractivity (Wildman–Crippen MR) is 53.1 cm³/mol. The number of unbranched alkanes of at least 4 members (excludes halogenated alkanes) is 1. The van der Waals surface area contributed by atoms with E-state index in [0.717, 1.165) is 0 Å². The number of hydrogen-bond donors (Lipinski definition) is 1. The Kier molecular flexibility index (Phi) is 7.62. The van der Waals surface area contributed by atoms with E-state index in [1.165, 1.54) is 14.2 Å². The predicted octanol–water partition coefficient (Wildman–Crippen LogP) is 0.644. The molecule has 1 atom stereocenters. The molecule has 5 nitrogen and oxygen atoms in total. The Morgan fingerprint density at radius 2 is 1.73 bits per heavy atom. The fourth-order valence-electron chi connectivity index (χ4n) is 1.13. The van der Waals surface area contributed by atoms with Crippen molar-refractivity contribution in [2.45, 2.75) is 38.2 Å². The molecule has 0 aromatic heterocycles. The van der Waals surface area contributed by atoms with Gasteiger partial charge in [0.25, 0.3) is 0 Å². The molecule has 0 saturated carbocycles. The van der Waals surface area contributed by atoms with Crippen molar-refractivity contribution in [1.29, 1.82) is 0 Å². The summed E-state index contributed by atoms with van der Waals surface area (Å²) in [4.78, 5) is 21.5. The summed E-state index contributed by atoms with van der Waals surface area (Å²) >= 11 is 0. The van der Waals surface area contributed by atoms with E-state index < -0.39 is 12.1 Å². The molecular weight excluding hydrogens is 200 g/mol. The molecule has 0 amide bonds. The molecule has 0 fully saturated rings. The molecule has 0 aromatic carbocycles. The number of rotatable bonds is 7. The highest BCUT2D eigenvalue weighted by Gasteiger charge is 2.10. The highest BCUT2D eigenvalue weighted by molar-refractivity contribution is 5.69. The molecule has 0 rings (SSSR count). The van der Waals surface area contributed by atoms with Crippen molar-refractivity contribution in [3.63, 3.8) is 0 Å². The van der Waals surface area contributed by atoms with Crippen molar-refractivity contribution in [3.8, 4) is 0 Å². The smallest absolute Gasteiger partial charge is 0.308 e. The van der Waals surface area contributed by atoms with Crippen molar-refractivity contribution < 1.29 is 24.2 Å². The molecule has 1 N–H and O–H groups in total. The third kappa shape index (κ3) is 7.93. The van der Waals surface area contributed by atoms with Gasteiger partial charge < -0.3 is 14.6 Å². The summed E-state index contributed by atoms with van der Waals surface area (Å²) < 4.78 is 8.87. The molecule has 0 spiro atoms. The van der Waals surface area contributed by atoms with E-state index in [9.17, 15) is 14.7 Å². The summed E-state index contributed by atoms with van der Waals surface area (Å²) in [5, 5.41) is 9.36. The largest absolute Gasteiger partial charge is 0.469 e. The van der Waals surface area contributed by atoms with Gasteiger partial charge in [-0.15, -0.1) is 0 Å². The van der Waals surface area contributed by atoms with Crippen LogP contribution in [0.2, 0.25) is 0 Å². The Hall–Kier alpha value is -1.10. The van der Waals surface area contributed by atoms with Crippen LogP contribution in [0.25, 0.3) is 0 Å². The molecule has 5 heteroatoms. The zero-order valence-corrected chi connectivity index (χ0v) is 9.19. The maximum Gasteiger partial charge on any atom is 0.308 e. The zero-order chi connectivity index (χ0) is 11.7. The van der Waals surface area contributed by atoms with Gasteiger partial charge in [0.15, 0.2) is 0 Å². The average molecular weight is 218 g/mol. The van der Waals surface area contributed by atoms with Gasteiger partial charge in [0.2, 0.25) is 0 Å². The summed E-state index contributed by atoms with van der Waals surface area (Å²) in [5.74, 6) is -0.673. The number of carbonyl (C=O) groups excluding carboxylic acids is 2. The molecule has 0 aromatic rings. The lowest BCUT2D eigenvalue weighted by molar-refractivity contribution is -0.143. The van der Waals surface area contributed by atoms with Crippen molar-refractivity contribution >= 4 is 11.9 Å². The lowest BCUT2D eigenvalue weighted by Gasteiger charge is -2.08. The standard InChI is InChI=1S/C10H18O5/c1-14-9(12)6-4-3-5-8(11)7-10(13)15-2/h8,11H,3-7H2,1-2H3. The second kappa shape index (κ2) is 8.23. The van der Waals surface area contributed by atoms with Gasteiger partial charge in [0.05, 0.1) is 26.7 Å². The molecule has 0 bridgehead atoms. The Labute approximate surface area is 89.4 Å². The molecule has 88 valence electrons. The van der Waals surface area contributed by atoms with Crippen LogP contribution in [-0.4, -0.2) is 37.4 Å². The fraction of sp³-hybridized carbons (Fsp3) is 0.800. The van der Waals surface area contributed by atoms with Gasteiger partial charge in [-0.3, -0.25) is 9.59 Å². The molecule has 0 saturated heterocycles. The fourth-order valence-corrected chi connectivity index (χ4v) is 1.13. The quantitative estimate of drug-likeness (QED) is 0.501. The summed E-state index contributed by atoms with van der Waals surface area (Å²) in [6.07, 6.45) is 1.51. The maximum atomic E-state index is 10.8. The summed E-state index contributed by atoms with van der Waals surface area (Å²) in [5.41, 5.74) is 0. The van der Waals surface area contributed by atoms with Crippen LogP contribution in [0, 0.1) is 0 Å². The van der Waals surface area contributed by atoms with E-state index in [2.05, 4.69) is 9.47 Å². The van der Waals surface area contributed by atoms with E-state index in [4.69, 9.17) is 0 Å². The van der Waals surface area contributed by atoms with Gasteiger partial charge >= 0.3 is 11.9 Å². The van der Waals surface area contributed by atoms with Gasteiger partial charge in [-0.25, -0.2) is 0 Å². The van der Waals surface area contributed by atoms with Crippen LogP contribution >= 0.6 is 0 Å². The minimum absolute atomic E-state index is 0.00865. The van der Waals surface area contributed by atoms with Crippen molar-refractivity contribution in [2.24, 2.45) is 0 Å². The maximum absolute atomic E-state index is 10.8. The van der Waals surface area contributed by atoms with Gasteiger partial charge in [0, 0.05) is 6.42 Å². The molecule has 0 heterocycles.